The van der Waals surface area contributed by atoms with Gasteiger partial charge in [0, 0.05) is 12.8 Å². The van der Waals surface area contributed by atoms with Crippen molar-refractivity contribution in [3.63, 3.8) is 0 Å². The quantitative estimate of drug-likeness (QED) is 0.491. The molecule has 1 aromatic heterocycles. The van der Waals surface area contributed by atoms with E-state index >= 15 is 0 Å². The summed E-state index contributed by atoms with van der Waals surface area (Å²) in [6, 6.07) is 14.3. The smallest absolute Gasteiger partial charge is 0.279 e. The van der Waals surface area contributed by atoms with E-state index in [0.717, 1.165) is 10.6 Å². The molecule has 0 saturated carbocycles. The lowest BCUT2D eigenvalue weighted by molar-refractivity contribution is -0.906. The van der Waals surface area contributed by atoms with Crippen LogP contribution in [0.25, 0.3) is 10.9 Å². The third-order valence-electron chi connectivity index (χ3n) is 4.52. The Kier molecular flexibility index (Phi) is 6.94. The number of quaternary nitrogens is 1. The van der Waals surface area contributed by atoms with Crippen LogP contribution in [0.5, 0.6) is 5.75 Å². The van der Waals surface area contributed by atoms with Crippen LogP contribution >= 0.6 is 0 Å². The minimum atomic E-state index is -0.181. The number of hydrogen-bond donors (Lipinski definition) is 3. The summed E-state index contributed by atoms with van der Waals surface area (Å²) in [5, 5.41) is 3.43. The predicted molar refractivity (Wildman–Crippen MR) is 110 cm³/mol. The molecule has 3 aromatic rings. The number of fused-ring (bicyclic) bond motifs is 1. The Morgan fingerprint density at radius 1 is 1.14 bits per heavy atom. The van der Waals surface area contributed by atoms with Gasteiger partial charge in [-0.1, -0.05) is 12.1 Å². The number of nitrogens with one attached hydrogen (secondary N) is 3. The number of hydrogen-bond acceptors (Lipinski definition) is 5. The summed E-state index contributed by atoms with van der Waals surface area (Å²) in [6.07, 6.45) is 0. The zero-order valence-corrected chi connectivity index (χ0v) is 16.5. The monoisotopic (exact) mass is 397 g/mol. The Balaban J connectivity index is 1.70. The number of para-hydroxylation sites is 1. The number of anilines is 1. The molecule has 8 heteroatoms. The highest BCUT2D eigenvalue weighted by atomic mass is 16.5. The summed E-state index contributed by atoms with van der Waals surface area (Å²) in [5.41, 5.74) is 1.15. The molecule has 0 spiro atoms. The standard InChI is InChI=1S/C21H24N4O4/c1-28-12-11-25(14-20(26)22-15-7-9-16(29-2)10-8-15)13-19-23-18-6-4-3-5-17(18)21(27)24-19/h3-10H,11-14H2,1-2H3,(H,22,26)(H,23,24,27)/p+1. The van der Waals surface area contributed by atoms with E-state index < -0.39 is 0 Å². The van der Waals surface area contributed by atoms with E-state index in [9.17, 15) is 9.59 Å². The topological polar surface area (TPSA) is 97.8 Å². The molecule has 1 heterocycles. The van der Waals surface area contributed by atoms with Crippen LogP contribution in [0.2, 0.25) is 0 Å². The second-order valence-corrected chi connectivity index (χ2v) is 6.65. The van der Waals surface area contributed by atoms with Gasteiger partial charge in [0.15, 0.2) is 12.4 Å². The van der Waals surface area contributed by atoms with E-state index in [1.807, 2.05) is 6.07 Å². The van der Waals surface area contributed by atoms with Crippen molar-refractivity contribution in [2.24, 2.45) is 0 Å². The van der Waals surface area contributed by atoms with E-state index in [1.54, 1.807) is 56.7 Å². The molecular formula is C21H25N4O4+. The molecule has 29 heavy (non-hydrogen) atoms. The second kappa shape index (κ2) is 9.81. The molecule has 1 amide bonds. The van der Waals surface area contributed by atoms with E-state index in [1.165, 1.54) is 0 Å². The zero-order chi connectivity index (χ0) is 20.6. The van der Waals surface area contributed by atoms with Crippen molar-refractivity contribution in [3.05, 3.63) is 64.7 Å². The number of H-pyrrole nitrogens is 1. The first-order valence-corrected chi connectivity index (χ1v) is 9.33. The summed E-state index contributed by atoms with van der Waals surface area (Å²) >= 11 is 0. The SMILES string of the molecule is COCC[NH+](CC(=O)Nc1ccc(OC)cc1)Cc1nc2ccccc2c(=O)[nH]1. The van der Waals surface area contributed by atoms with Gasteiger partial charge < -0.3 is 24.7 Å². The van der Waals surface area contributed by atoms with Crippen LogP contribution < -0.4 is 20.5 Å². The lowest BCUT2D eigenvalue weighted by Crippen LogP contribution is -3.12. The third kappa shape index (κ3) is 5.63. The van der Waals surface area contributed by atoms with Crippen molar-refractivity contribution in [2.45, 2.75) is 6.54 Å². The summed E-state index contributed by atoms with van der Waals surface area (Å²) < 4.78 is 10.3. The lowest BCUT2D eigenvalue weighted by atomic mass is 10.2. The number of methoxy groups -OCH3 is 2. The number of aromatic amines is 1. The molecule has 8 nitrogen and oxygen atoms in total. The van der Waals surface area contributed by atoms with Gasteiger partial charge in [0.2, 0.25) is 0 Å². The zero-order valence-electron chi connectivity index (χ0n) is 16.5. The number of ether oxygens (including phenoxy) is 2. The molecular weight excluding hydrogens is 372 g/mol. The predicted octanol–water partition coefficient (Wildman–Crippen LogP) is 0.602. The molecule has 0 bridgehead atoms. The highest BCUT2D eigenvalue weighted by Crippen LogP contribution is 2.14. The molecule has 3 N–H and O–H groups in total. The van der Waals surface area contributed by atoms with Crippen molar-refractivity contribution in [3.8, 4) is 5.75 Å². The minimum absolute atomic E-state index is 0.135. The molecule has 1 unspecified atom stereocenters. The first-order valence-electron chi connectivity index (χ1n) is 9.33. The first kappa shape index (κ1) is 20.5. The largest absolute Gasteiger partial charge is 0.497 e. The Bertz CT molecular complexity index is 1020. The Morgan fingerprint density at radius 2 is 1.90 bits per heavy atom. The molecule has 0 aliphatic heterocycles. The molecule has 0 fully saturated rings. The average Bonchev–Trinajstić information content (AvgIpc) is 2.72. The van der Waals surface area contributed by atoms with Gasteiger partial charge in [-0.15, -0.1) is 0 Å². The number of amides is 1. The number of carbonyl (C=O) groups excluding carboxylic acids is 1. The molecule has 0 aliphatic carbocycles. The number of nitrogens with zero attached hydrogens (tertiary/aromatic N) is 1. The van der Waals surface area contributed by atoms with E-state index in [-0.39, 0.29) is 18.0 Å². The fraction of sp³-hybridized carbons (Fsp3) is 0.286. The van der Waals surface area contributed by atoms with E-state index in [4.69, 9.17) is 9.47 Å². The molecule has 1 atom stereocenters. The van der Waals surface area contributed by atoms with Crippen LogP contribution in [0, 0.1) is 0 Å². The lowest BCUT2D eigenvalue weighted by Gasteiger charge is -2.18. The van der Waals surface area contributed by atoms with Gasteiger partial charge >= 0.3 is 0 Å². The molecule has 0 radical (unpaired) electrons. The summed E-state index contributed by atoms with van der Waals surface area (Å²) in [5.74, 6) is 1.13. The summed E-state index contributed by atoms with van der Waals surface area (Å²) in [7, 11) is 3.21. The Hall–Kier alpha value is -3.23. The van der Waals surface area contributed by atoms with Gasteiger partial charge in [-0.05, 0) is 36.4 Å². The van der Waals surface area contributed by atoms with Crippen LogP contribution in [0.3, 0.4) is 0 Å². The normalized spacial score (nSPS) is 11.9. The van der Waals surface area contributed by atoms with Crippen molar-refractivity contribution in [2.75, 3.05) is 39.2 Å². The highest BCUT2D eigenvalue weighted by Gasteiger charge is 2.17. The van der Waals surface area contributed by atoms with Crippen LogP contribution in [0.15, 0.2) is 53.3 Å². The van der Waals surface area contributed by atoms with Gasteiger partial charge in [-0.25, -0.2) is 4.98 Å². The van der Waals surface area contributed by atoms with E-state index in [2.05, 4.69) is 15.3 Å². The molecule has 2 aromatic carbocycles. The van der Waals surface area contributed by atoms with Crippen molar-refractivity contribution < 1.29 is 19.2 Å². The summed E-state index contributed by atoms with van der Waals surface area (Å²) in [6.45, 7) is 1.71. The molecule has 152 valence electrons. The Morgan fingerprint density at radius 3 is 2.62 bits per heavy atom. The van der Waals surface area contributed by atoms with Crippen molar-refractivity contribution in [1.82, 2.24) is 9.97 Å². The highest BCUT2D eigenvalue weighted by molar-refractivity contribution is 5.91. The van der Waals surface area contributed by atoms with Gasteiger partial charge in [0.1, 0.15) is 18.8 Å². The van der Waals surface area contributed by atoms with Crippen molar-refractivity contribution >= 4 is 22.5 Å². The molecule has 0 aliphatic rings. The molecule has 0 saturated heterocycles. The van der Waals surface area contributed by atoms with Crippen LogP contribution in [-0.2, 0) is 16.1 Å². The third-order valence-corrected chi connectivity index (χ3v) is 4.52. The van der Waals surface area contributed by atoms with Crippen molar-refractivity contribution in [1.29, 1.82) is 0 Å². The maximum Gasteiger partial charge on any atom is 0.279 e. The second-order valence-electron chi connectivity index (χ2n) is 6.65. The summed E-state index contributed by atoms with van der Waals surface area (Å²) in [4.78, 5) is 33.1. The number of benzene rings is 2. The first-order chi connectivity index (χ1) is 14.1. The minimum Gasteiger partial charge on any atom is -0.497 e. The van der Waals surface area contributed by atoms with Gasteiger partial charge in [-0.3, -0.25) is 9.59 Å². The van der Waals surface area contributed by atoms with Crippen LogP contribution in [-0.4, -0.2) is 49.8 Å². The number of rotatable bonds is 9. The average molecular weight is 397 g/mol. The number of aromatic nitrogens is 2. The Labute approximate surface area is 168 Å². The molecule has 3 rings (SSSR count). The van der Waals surface area contributed by atoms with Crippen LogP contribution in [0.4, 0.5) is 5.69 Å². The maximum absolute atomic E-state index is 12.5. The maximum atomic E-state index is 12.5. The van der Waals surface area contributed by atoms with Crippen LogP contribution in [0.1, 0.15) is 5.82 Å². The van der Waals surface area contributed by atoms with E-state index in [0.29, 0.717) is 42.1 Å². The van der Waals surface area contributed by atoms with Gasteiger partial charge in [-0.2, -0.15) is 0 Å². The fourth-order valence-electron chi connectivity index (χ4n) is 3.05. The fourth-order valence-corrected chi connectivity index (χ4v) is 3.05. The number of carbonyl (C=O) groups is 1. The van der Waals surface area contributed by atoms with Gasteiger partial charge in [0.25, 0.3) is 11.5 Å². The van der Waals surface area contributed by atoms with Gasteiger partial charge in [0.05, 0.1) is 24.6 Å².